The zero-order chi connectivity index (χ0) is 32.0. The van der Waals surface area contributed by atoms with Crippen LogP contribution in [0.25, 0.3) is 11.5 Å². The highest BCUT2D eigenvalue weighted by Gasteiger charge is 2.51. The van der Waals surface area contributed by atoms with Crippen molar-refractivity contribution in [2.45, 2.75) is 94.0 Å². The summed E-state index contributed by atoms with van der Waals surface area (Å²) >= 11 is 1.50. The fourth-order valence-electron chi connectivity index (χ4n) is 8.72. The summed E-state index contributed by atoms with van der Waals surface area (Å²) in [7, 11) is 4.00. The molecule has 3 aromatic rings. The molecule has 5 heterocycles. The average Bonchev–Trinajstić information content (AvgIpc) is 3.33. The predicted molar refractivity (Wildman–Crippen MR) is 170 cm³/mol. The van der Waals surface area contributed by atoms with Gasteiger partial charge in [0.1, 0.15) is 23.3 Å². The Morgan fingerprint density at radius 3 is 2.65 bits per heavy atom. The number of alkyl halides is 1. The lowest BCUT2D eigenvalue weighted by atomic mass is 9.63. The summed E-state index contributed by atoms with van der Waals surface area (Å²) in [5.41, 5.74) is 8.80. The Bertz CT molecular complexity index is 1730. The van der Waals surface area contributed by atoms with Crippen molar-refractivity contribution in [2.75, 3.05) is 50.9 Å². The van der Waals surface area contributed by atoms with Gasteiger partial charge < -0.3 is 19.9 Å². The van der Waals surface area contributed by atoms with Crippen molar-refractivity contribution in [1.82, 2.24) is 24.9 Å². The maximum absolute atomic E-state index is 16.5. The number of anilines is 2. The highest BCUT2D eigenvalue weighted by molar-refractivity contribution is 7.16. The number of likely N-dealkylation sites (tertiary alicyclic amines) is 1. The zero-order valence-corrected chi connectivity index (χ0v) is 27.4. The topological polar surface area (TPSA) is 121 Å². The van der Waals surface area contributed by atoms with E-state index in [9.17, 15) is 9.65 Å². The Morgan fingerprint density at radius 1 is 1.15 bits per heavy atom. The van der Waals surface area contributed by atoms with E-state index in [0.717, 1.165) is 73.3 Å². The van der Waals surface area contributed by atoms with E-state index in [1.807, 2.05) is 23.8 Å². The third kappa shape index (κ3) is 4.54. The molecule has 2 N–H and O–H groups in total. The van der Waals surface area contributed by atoms with E-state index in [2.05, 4.69) is 28.2 Å². The normalized spacial score (nSPS) is 27.9. The molecule has 8 rings (SSSR count). The number of aryl methyl sites for hydroxylation is 1. The average molecular weight is 651 g/mol. The van der Waals surface area contributed by atoms with Crippen molar-refractivity contribution in [1.29, 1.82) is 5.26 Å². The van der Waals surface area contributed by atoms with Gasteiger partial charge in [-0.25, -0.2) is 9.37 Å². The Hall–Kier alpha value is -3.34. The number of likely N-dealkylation sites (N-methyl/N-ethyl adjacent to an activating group) is 2. The number of hydrogen-bond acceptors (Lipinski definition) is 11. The molecule has 0 bridgehead atoms. The smallest absolute Gasteiger partial charge is 0.256 e. The van der Waals surface area contributed by atoms with E-state index in [1.165, 1.54) is 11.3 Å². The van der Waals surface area contributed by atoms with Crippen LogP contribution in [0.4, 0.5) is 19.6 Å². The van der Waals surface area contributed by atoms with Crippen molar-refractivity contribution < 1.29 is 18.0 Å². The first-order valence-corrected chi connectivity index (χ1v) is 17.3. The lowest BCUT2D eigenvalue weighted by Crippen LogP contribution is -2.53. The van der Waals surface area contributed by atoms with E-state index in [1.54, 1.807) is 0 Å². The molecule has 0 aromatic carbocycles. The number of aromatic nitrogens is 3. The summed E-state index contributed by atoms with van der Waals surface area (Å²) in [4.78, 5) is 17.0. The van der Waals surface area contributed by atoms with Gasteiger partial charge in [-0.05, 0) is 84.4 Å². The molecule has 46 heavy (non-hydrogen) atoms. The number of ether oxygens (including phenoxy) is 1. The quantitative estimate of drug-likeness (QED) is 0.411. The van der Waals surface area contributed by atoms with Crippen molar-refractivity contribution in [3.8, 4) is 23.5 Å². The number of fused-ring (bicyclic) bond motifs is 4. The van der Waals surface area contributed by atoms with E-state index < -0.39 is 23.5 Å². The maximum atomic E-state index is 16.5. The molecule has 2 saturated heterocycles. The number of rotatable bonds is 5. The first-order chi connectivity index (χ1) is 22.1. The second kappa shape index (κ2) is 10.9. The summed E-state index contributed by atoms with van der Waals surface area (Å²) in [5.74, 6) is 0.453. The van der Waals surface area contributed by atoms with Gasteiger partial charge in [0.05, 0.1) is 11.0 Å². The van der Waals surface area contributed by atoms with Gasteiger partial charge in [0, 0.05) is 48.2 Å². The SMILES string of the molecule is C[C@H](Oc1nc(-c2noc3c2CCC[C@@]32CCCc3sc(N)c(C#N)c32)nc(N2CCN(C)C3(CC3)C2)c1F)[C@@H]1C[C@@H](F)CN1C. The number of nitrogens with two attached hydrogens (primary N) is 1. The van der Waals surface area contributed by atoms with Gasteiger partial charge in [0.15, 0.2) is 23.1 Å². The predicted octanol–water partition coefficient (Wildman–Crippen LogP) is 4.84. The fraction of sp³-hybridized carbons (Fsp3) is 0.636. The molecule has 3 fully saturated rings. The first-order valence-electron chi connectivity index (χ1n) is 16.5. The molecule has 2 spiro atoms. The number of thiophene rings is 1. The van der Waals surface area contributed by atoms with Crippen molar-refractivity contribution in [3.63, 3.8) is 0 Å². The third-order valence-corrected chi connectivity index (χ3v) is 12.5. The number of nitriles is 1. The van der Waals surface area contributed by atoms with Gasteiger partial charge >= 0.3 is 0 Å². The zero-order valence-electron chi connectivity index (χ0n) is 26.6. The molecule has 244 valence electrons. The standard InChI is InChI=1S/C33H40F2N8O2S/c1-18(22-14-19(34)16-41(22)2)44-31-25(35)30(43-13-12-42(3)32(17-43)10-11-32)38-29(39-31)26-20-6-4-8-33(27(20)45-40-26)9-5-7-23-24(33)21(15-36)28(37)46-23/h18-19,22H,4-14,16-17,37H2,1-3H3/t18-,19+,22-,33-/m0/s1. The largest absolute Gasteiger partial charge is 0.471 e. The minimum Gasteiger partial charge on any atom is -0.471 e. The van der Waals surface area contributed by atoms with Crippen LogP contribution < -0.4 is 15.4 Å². The van der Waals surface area contributed by atoms with Crippen LogP contribution in [-0.4, -0.2) is 89.1 Å². The molecule has 3 aromatic heterocycles. The molecule has 0 amide bonds. The minimum atomic E-state index is -0.947. The molecule has 3 aliphatic carbocycles. The number of nitrogens with zero attached hydrogens (tertiary/aromatic N) is 7. The van der Waals surface area contributed by atoms with E-state index in [4.69, 9.17) is 20.0 Å². The van der Waals surface area contributed by atoms with Gasteiger partial charge in [0.2, 0.25) is 5.82 Å². The van der Waals surface area contributed by atoms with Crippen molar-refractivity contribution >= 4 is 22.2 Å². The van der Waals surface area contributed by atoms with Crippen LogP contribution in [-0.2, 0) is 18.3 Å². The van der Waals surface area contributed by atoms with Crippen LogP contribution in [0.3, 0.4) is 0 Å². The van der Waals surface area contributed by atoms with Gasteiger partial charge in [-0.2, -0.15) is 14.6 Å². The Labute approximate surface area is 271 Å². The Morgan fingerprint density at radius 2 is 1.93 bits per heavy atom. The fourth-order valence-corrected chi connectivity index (χ4v) is 9.88. The molecule has 0 radical (unpaired) electrons. The second-order valence-electron chi connectivity index (χ2n) is 14.1. The van der Waals surface area contributed by atoms with Crippen molar-refractivity contribution in [2.24, 2.45) is 0 Å². The summed E-state index contributed by atoms with van der Waals surface area (Å²) < 4.78 is 43.2. The molecule has 2 aliphatic heterocycles. The molecular weight excluding hydrogens is 610 g/mol. The molecular formula is C33H40F2N8O2S. The van der Waals surface area contributed by atoms with Crippen LogP contribution in [0.1, 0.15) is 79.2 Å². The van der Waals surface area contributed by atoms with E-state index >= 15 is 4.39 Å². The summed E-state index contributed by atoms with van der Waals surface area (Å²) in [5, 5.41) is 15.2. The van der Waals surface area contributed by atoms with Gasteiger partial charge in [0.25, 0.3) is 5.88 Å². The lowest BCUT2D eigenvalue weighted by molar-refractivity contribution is 0.112. The van der Waals surface area contributed by atoms with Crippen LogP contribution in [0, 0.1) is 17.1 Å². The van der Waals surface area contributed by atoms with Crippen LogP contribution in [0.15, 0.2) is 4.52 Å². The number of piperazine rings is 1. The number of hydrogen-bond donors (Lipinski definition) is 1. The summed E-state index contributed by atoms with van der Waals surface area (Å²) in [6.07, 6.45) is 6.10. The molecule has 0 unspecified atom stereocenters. The molecule has 5 aliphatic rings. The third-order valence-electron chi connectivity index (χ3n) is 11.4. The highest BCUT2D eigenvalue weighted by Crippen LogP contribution is 2.55. The minimum absolute atomic E-state index is 0.0335. The monoisotopic (exact) mass is 650 g/mol. The molecule has 1 saturated carbocycles. The molecule has 13 heteroatoms. The number of nitrogen functional groups attached to an aromatic ring is 1. The summed E-state index contributed by atoms with van der Waals surface area (Å²) in [6.45, 7) is 4.25. The highest BCUT2D eigenvalue weighted by atomic mass is 32.1. The Balaban J connectivity index is 1.23. The van der Waals surface area contributed by atoms with E-state index in [0.29, 0.717) is 48.7 Å². The second-order valence-corrected chi connectivity index (χ2v) is 15.2. The van der Waals surface area contributed by atoms with Gasteiger partial charge in [-0.3, -0.25) is 9.80 Å². The lowest BCUT2D eigenvalue weighted by Gasteiger charge is -2.40. The van der Waals surface area contributed by atoms with Crippen LogP contribution in [0.5, 0.6) is 5.88 Å². The summed E-state index contributed by atoms with van der Waals surface area (Å²) in [6, 6.07) is 2.16. The van der Waals surface area contributed by atoms with E-state index in [-0.39, 0.29) is 29.1 Å². The van der Waals surface area contributed by atoms with Gasteiger partial charge in [-0.1, -0.05) is 5.16 Å². The van der Waals surface area contributed by atoms with Crippen LogP contribution >= 0.6 is 11.3 Å². The first kappa shape index (κ1) is 30.0. The molecule has 4 atom stereocenters. The van der Waals surface area contributed by atoms with Crippen LogP contribution in [0.2, 0.25) is 0 Å². The number of halogens is 2. The Kier molecular flexibility index (Phi) is 7.08. The molecule has 10 nitrogen and oxygen atoms in total. The van der Waals surface area contributed by atoms with Crippen molar-refractivity contribution in [3.05, 3.63) is 33.1 Å². The van der Waals surface area contributed by atoms with Gasteiger partial charge in [-0.15, -0.1) is 11.3 Å². The maximum Gasteiger partial charge on any atom is 0.256 e.